The monoisotopic (exact) mass is 407 g/mol. The molecule has 1 N–H and O–H groups in total. The van der Waals surface area contributed by atoms with Crippen LogP contribution in [0.2, 0.25) is 0 Å². The maximum Gasteiger partial charge on any atom is 0.230 e. The Balaban J connectivity index is 1.63. The largest absolute Gasteiger partial charge is 0.348 e. The van der Waals surface area contributed by atoms with Gasteiger partial charge in [0.2, 0.25) is 5.91 Å². The van der Waals surface area contributed by atoms with Gasteiger partial charge in [0.25, 0.3) is 0 Å². The van der Waals surface area contributed by atoms with Crippen molar-refractivity contribution in [2.24, 2.45) is 0 Å². The molecule has 0 fully saturated rings. The van der Waals surface area contributed by atoms with Gasteiger partial charge in [-0.3, -0.25) is 4.79 Å². The summed E-state index contributed by atoms with van der Waals surface area (Å²) in [5.74, 6) is 0.320. The van der Waals surface area contributed by atoms with Crippen LogP contribution in [0.4, 0.5) is 0 Å². The number of amides is 1. The molecule has 1 amide bonds. The predicted octanol–water partition coefficient (Wildman–Crippen LogP) is 5.00. The topological polar surface area (TPSA) is 46.9 Å². The highest BCUT2D eigenvalue weighted by Crippen LogP contribution is 2.25. The number of aromatic nitrogens is 2. The van der Waals surface area contributed by atoms with Crippen LogP contribution in [0.5, 0.6) is 0 Å². The normalized spacial score (nSPS) is 12.1. The summed E-state index contributed by atoms with van der Waals surface area (Å²) in [5, 5.41) is 9.58. The fraction of sp³-hybridized carbons (Fsp3) is 0.235. The first-order chi connectivity index (χ1) is 12.0. The number of carbonyl (C=O) groups is 1. The van der Waals surface area contributed by atoms with E-state index in [1.54, 1.807) is 16.0 Å². The average molecular weight is 408 g/mol. The molecule has 2 aromatic heterocycles. The summed E-state index contributed by atoms with van der Waals surface area (Å²) in [6.07, 6.45) is 0. The van der Waals surface area contributed by atoms with E-state index in [2.05, 4.69) is 10.4 Å². The van der Waals surface area contributed by atoms with E-state index in [9.17, 15) is 4.79 Å². The minimum absolute atomic E-state index is 0.00513. The first-order valence-corrected chi connectivity index (χ1v) is 10.8. The van der Waals surface area contributed by atoms with Crippen LogP contribution in [0.25, 0.3) is 5.69 Å². The van der Waals surface area contributed by atoms with Crippen LogP contribution in [0, 0.1) is 10.9 Å². The smallest absolute Gasteiger partial charge is 0.230 e. The van der Waals surface area contributed by atoms with Crippen molar-refractivity contribution in [3.05, 3.63) is 56.2 Å². The van der Waals surface area contributed by atoms with Crippen LogP contribution in [-0.2, 0) is 4.79 Å². The van der Waals surface area contributed by atoms with Gasteiger partial charge in [0.05, 0.1) is 17.5 Å². The zero-order valence-electron chi connectivity index (χ0n) is 13.8. The second-order valence-electron chi connectivity index (χ2n) is 5.43. The molecule has 0 bridgehead atoms. The van der Waals surface area contributed by atoms with Crippen molar-refractivity contribution in [1.29, 1.82) is 0 Å². The molecule has 130 valence electrons. The summed E-state index contributed by atoms with van der Waals surface area (Å²) in [5.41, 5.74) is 2.09. The molecule has 8 heteroatoms. The average Bonchev–Trinajstić information content (AvgIpc) is 3.23. The van der Waals surface area contributed by atoms with Gasteiger partial charge >= 0.3 is 0 Å². The van der Waals surface area contributed by atoms with Gasteiger partial charge in [-0.05, 0) is 49.1 Å². The molecular weight excluding hydrogens is 390 g/mol. The Bertz CT molecular complexity index is 914. The predicted molar refractivity (Wildman–Crippen MR) is 109 cm³/mol. The lowest BCUT2D eigenvalue weighted by atomic mass is 10.2. The van der Waals surface area contributed by atoms with Gasteiger partial charge < -0.3 is 5.32 Å². The van der Waals surface area contributed by atoms with E-state index in [1.807, 2.05) is 55.6 Å². The Kier molecular flexibility index (Phi) is 6.06. The third-order valence-corrected chi connectivity index (χ3v) is 6.97. The van der Waals surface area contributed by atoms with Crippen molar-refractivity contribution in [3.8, 4) is 5.69 Å². The molecule has 0 unspecified atom stereocenters. The highest BCUT2D eigenvalue weighted by atomic mass is 32.2. The van der Waals surface area contributed by atoms with Crippen LogP contribution in [-0.4, -0.2) is 21.4 Å². The van der Waals surface area contributed by atoms with Gasteiger partial charge in [-0.1, -0.05) is 47.4 Å². The van der Waals surface area contributed by atoms with E-state index in [4.69, 9.17) is 12.2 Å². The second-order valence-corrected chi connectivity index (χ2v) is 9.25. The van der Waals surface area contributed by atoms with Gasteiger partial charge in [-0.25, -0.2) is 4.68 Å². The Morgan fingerprint density at radius 2 is 2.16 bits per heavy atom. The molecule has 0 radical (unpaired) electrons. The number of carbonyl (C=O) groups excluding carboxylic acids is 1. The Morgan fingerprint density at radius 1 is 1.36 bits per heavy atom. The van der Waals surface area contributed by atoms with Crippen LogP contribution in [0.1, 0.15) is 23.4 Å². The Hall–Kier alpha value is -1.48. The first kappa shape index (κ1) is 18.3. The fourth-order valence-electron chi connectivity index (χ4n) is 2.29. The van der Waals surface area contributed by atoms with Crippen LogP contribution in [0.15, 0.2) is 46.1 Å². The number of thiophene rings is 1. The minimum Gasteiger partial charge on any atom is -0.348 e. The molecule has 0 spiro atoms. The first-order valence-electron chi connectivity index (χ1n) is 7.66. The standard InChI is InChI=1S/C17H17N3OS4/c1-11-6-3-4-7-13(11)20-17(22)25-16(19-20)24-10-15(21)18-12(2)14-8-5-9-23-14/h3-9,12H,10H2,1-2H3,(H,18,21)/t12-/m0/s1. The van der Waals surface area contributed by atoms with E-state index in [0.29, 0.717) is 9.71 Å². The summed E-state index contributed by atoms with van der Waals surface area (Å²) in [4.78, 5) is 13.3. The van der Waals surface area contributed by atoms with E-state index in [-0.39, 0.29) is 11.9 Å². The Labute approximate surface area is 163 Å². The third kappa shape index (κ3) is 4.58. The molecule has 3 rings (SSSR count). The number of nitrogens with zero attached hydrogens (tertiary/aromatic N) is 2. The van der Waals surface area contributed by atoms with Crippen molar-refractivity contribution >= 4 is 52.6 Å². The number of thioether (sulfide) groups is 1. The number of hydrogen-bond acceptors (Lipinski definition) is 6. The van der Waals surface area contributed by atoms with Crippen molar-refractivity contribution in [1.82, 2.24) is 15.1 Å². The lowest BCUT2D eigenvalue weighted by Crippen LogP contribution is -2.27. The quantitative estimate of drug-likeness (QED) is 0.461. The molecule has 1 atom stereocenters. The van der Waals surface area contributed by atoms with Crippen LogP contribution >= 0.6 is 46.7 Å². The molecule has 4 nitrogen and oxygen atoms in total. The number of rotatable bonds is 6. The summed E-state index contributed by atoms with van der Waals surface area (Å²) in [6.45, 7) is 4.02. The van der Waals surface area contributed by atoms with Crippen molar-refractivity contribution in [3.63, 3.8) is 0 Å². The molecule has 3 aromatic rings. The number of aryl methyl sites for hydroxylation is 1. The van der Waals surface area contributed by atoms with Gasteiger partial charge in [0.15, 0.2) is 8.29 Å². The minimum atomic E-state index is -0.00513. The maximum absolute atomic E-state index is 12.2. The number of para-hydroxylation sites is 1. The summed E-state index contributed by atoms with van der Waals surface area (Å²) < 4.78 is 3.25. The molecule has 0 aliphatic carbocycles. The number of nitrogens with one attached hydrogen (secondary N) is 1. The van der Waals surface area contributed by atoms with E-state index in [0.717, 1.165) is 20.5 Å². The molecule has 25 heavy (non-hydrogen) atoms. The van der Waals surface area contributed by atoms with Gasteiger partial charge in [-0.2, -0.15) is 0 Å². The molecule has 0 aliphatic heterocycles. The van der Waals surface area contributed by atoms with Crippen LogP contribution < -0.4 is 5.32 Å². The van der Waals surface area contributed by atoms with Crippen molar-refractivity contribution in [2.45, 2.75) is 24.2 Å². The lowest BCUT2D eigenvalue weighted by Gasteiger charge is -2.11. The highest BCUT2D eigenvalue weighted by molar-refractivity contribution is 8.01. The van der Waals surface area contributed by atoms with E-state index >= 15 is 0 Å². The van der Waals surface area contributed by atoms with Crippen LogP contribution in [0.3, 0.4) is 0 Å². The maximum atomic E-state index is 12.2. The number of hydrogen-bond donors (Lipinski definition) is 1. The number of benzene rings is 1. The third-order valence-electron chi connectivity index (χ3n) is 3.55. The molecule has 2 heterocycles. The summed E-state index contributed by atoms with van der Waals surface area (Å²) in [6, 6.07) is 12.0. The van der Waals surface area contributed by atoms with Crippen molar-refractivity contribution in [2.75, 3.05) is 5.75 Å². The summed E-state index contributed by atoms with van der Waals surface area (Å²) >= 11 is 9.91. The SMILES string of the molecule is Cc1ccccc1-n1nc(SCC(=O)N[C@@H](C)c2cccs2)sc1=S. The highest BCUT2D eigenvalue weighted by Gasteiger charge is 2.13. The van der Waals surface area contributed by atoms with E-state index in [1.165, 1.54) is 23.1 Å². The van der Waals surface area contributed by atoms with Gasteiger partial charge in [0.1, 0.15) is 0 Å². The molecular formula is C17H17N3OS4. The fourth-order valence-corrected chi connectivity index (χ4v) is 5.18. The van der Waals surface area contributed by atoms with E-state index < -0.39 is 0 Å². The lowest BCUT2D eigenvalue weighted by molar-refractivity contribution is -0.119. The summed E-state index contributed by atoms with van der Waals surface area (Å²) in [7, 11) is 0. The Morgan fingerprint density at radius 3 is 2.88 bits per heavy atom. The second kappa shape index (κ2) is 8.27. The zero-order valence-corrected chi connectivity index (χ0v) is 17.0. The molecule has 0 saturated heterocycles. The zero-order chi connectivity index (χ0) is 17.8. The molecule has 1 aromatic carbocycles. The molecule has 0 aliphatic rings. The van der Waals surface area contributed by atoms with Gasteiger partial charge in [-0.15, -0.1) is 16.4 Å². The molecule has 0 saturated carbocycles. The van der Waals surface area contributed by atoms with Gasteiger partial charge in [0, 0.05) is 4.88 Å². The van der Waals surface area contributed by atoms with Crippen molar-refractivity contribution < 1.29 is 4.79 Å².